The molecule has 2 heterocycles. The van der Waals surface area contributed by atoms with E-state index in [1.807, 2.05) is 28.8 Å². The lowest BCUT2D eigenvalue weighted by Gasteiger charge is -2.16. The van der Waals surface area contributed by atoms with Crippen molar-refractivity contribution in [3.8, 4) is 0 Å². The largest absolute Gasteiger partial charge is 0.354 e. The topological polar surface area (TPSA) is 66.6 Å². The number of nitrogens with one attached hydrogen (secondary N) is 2. The summed E-state index contributed by atoms with van der Waals surface area (Å²) in [4.78, 5) is 4.27. The first-order chi connectivity index (χ1) is 9.86. The van der Waals surface area contributed by atoms with Crippen molar-refractivity contribution in [3.63, 3.8) is 0 Å². The zero-order valence-corrected chi connectivity index (χ0v) is 11.7. The van der Waals surface area contributed by atoms with Crippen LogP contribution in [0.1, 0.15) is 31.5 Å². The van der Waals surface area contributed by atoms with Crippen LogP contribution in [0.25, 0.3) is 5.65 Å². The van der Waals surface area contributed by atoms with Gasteiger partial charge in [-0.15, -0.1) is 10.2 Å². The van der Waals surface area contributed by atoms with Crippen molar-refractivity contribution in [1.82, 2.24) is 25.2 Å². The molecule has 20 heavy (non-hydrogen) atoms. The average molecular weight is 272 g/mol. The number of fused-ring (bicyclic) bond motifs is 1. The van der Waals surface area contributed by atoms with Crippen molar-refractivity contribution < 1.29 is 0 Å². The molecule has 6 nitrogen and oxygen atoms in total. The van der Waals surface area contributed by atoms with Crippen LogP contribution in [0, 0.1) is 0 Å². The van der Waals surface area contributed by atoms with Crippen LogP contribution in [0.3, 0.4) is 0 Å². The first kappa shape index (κ1) is 12.9. The van der Waals surface area contributed by atoms with E-state index in [1.165, 1.54) is 25.7 Å². The van der Waals surface area contributed by atoms with E-state index >= 15 is 0 Å². The summed E-state index contributed by atoms with van der Waals surface area (Å²) in [5.41, 5.74) is 0.864. The van der Waals surface area contributed by atoms with E-state index in [9.17, 15) is 0 Å². The lowest BCUT2D eigenvalue weighted by Crippen LogP contribution is -2.42. The monoisotopic (exact) mass is 272 g/mol. The summed E-state index contributed by atoms with van der Waals surface area (Å²) < 4.78 is 1.98. The lowest BCUT2D eigenvalue weighted by atomic mass is 10.2. The number of aromatic nitrogens is 3. The van der Waals surface area contributed by atoms with Gasteiger partial charge in [0.25, 0.3) is 0 Å². The molecule has 0 atom stereocenters. The van der Waals surface area contributed by atoms with Crippen LogP contribution < -0.4 is 10.6 Å². The zero-order valence-electron chi connectivity index (χ0n) is 11.7. The molecule has 6 heteroatoms. The van der Waals surface area contributed by atoms with Crippen molar-refractivity contribution in [1.29, 1.82) is 0 Å². The number of nitrogens with zero attached hydrogens (tertiary/aromatic N) is 4. The lowest BCUT2D eigenvalue weighted by molar-refractivity contribution is 0.610. The quantitative estimate of drug-likeness (QED) is 0.653. The van der Waals surface area contributed by atoms with Crippen LogP contribution in [-0.2, 0) is 6.54 Å². The van der Waals surface area contributed by atoms with Gasteiger partial charge in [-0.05, 0) is 25.0 Å². The molecule has 2 N–H and O–H groups in total. The van der Waals surface area contributed by atoms with Crippen molar-refractivity contribution in [2.45, 2.75) is 38.3 Å². The van der Waals surface area contributed by atoms with E-state index < -0.39 is 0 Å². The predicted octanol–water partition coefficient (Wildman–Crippen LogP) is 1.34. The van der Waals surface area contributed by atoms with Crippen LogP contribution in [0.2, 0.25) is 0 Å². The second-order valence-electron chi connectivity index (χ2n) is 5.10. The average Bonchev–Trinajstić information content (AvgIpc) is 3.13. The Morgan fingerprint density at radius 1 is 1.35 bits per heavy atom. The predicted molar refractivity (Wildman–Crippen MR) is 78.6 cm³/mol. The van der Waals surface area contributed by atoms with Crippen LogP contribution >= 0.6 is 0 Å². The number of rotatable bonds is 3. The molecule has 1 saturated carbocycles. The minimum absolute atomic E-state index is 0.552. The van der Waals surface area contributed by atoms with Crippen LogP contribution in [0.15, 0.2) is 29.4 Å². The highest BCUT2D eigenvalue weighted by Crippen LogP contribution is 2.17. The molecule has 1 aliphatic carbocycles. The second-order valence-corrected chi connectivity index (χ2v) is 5.10. The molecule has 2 aromatic rings. The SMILES string of the molecule is CN=C(NCc1nnc2ccccn12)NC1CCCC1. The Bertz CT molecular complexity index is 596. The van der Waals surface area contributed by atoms with Gasteiger partial charge in [-0.1, -0.05) is 18.9 Å². The maximum Gasteiger partial charge on any atom is 0.191 e. The third-order valence-corrected chi connectivity index (χ3v) is 3.72. The molecular weight excluding hydrogens is 252 g/mol. The second kappa shape index (κ2) is 5.90. The van der Waals surface area contributed by atoms with E-state index in [2.05, 4.69) is 25.8 Å². The normalized spacial score (nSPS) is 16.8. The molecule has 0 aliphatic heterocycles. The van der Waals surface area contributed by atoms with Crippen LogP contribution in [-0.4, -0.2) is 33.6 Å². The minimum atomic E-state index is 0.552. The number of aliphatic imine (C=N–C) groups is 1. The molecular formula is C14H20N6. The molecule has 0 bridgehead atoms. The summed E-state index contributed by atoms with van der Waals surface area (Å²) in [5, 5.41) is 15.1. The van der Waals surface area contributed by atoms with E-state index in [0.717, 1.165) is 17.4 Å². The first-order valence-electron chi connectivity index (χ1n) is 7.12. The highest BCUT2D eigenvalue weighted by molar-refractivity contribution is 5.79. The summed E-state index contributed by atoms with van der Waals surface area (Å²) in [5.74, 6) is 1.72. The molecule has 0 spiro atoms. The zero-order chi connectivity index (χ0) is 13.8. The van der Waals surface area contributed by atoms with E-state index in [-0.39, 0.29) is 0 Å². The number of pyridine rings is 1. The maximum atomic E-state index is 4.27. The molecule has 0 amide bonds. The van der Waals surface area contributed by atoms with Crippen LogP contribution in [0.5, 0.6) is 0 Å². The maximum absolute atomic E-state index is 4.27. The molecule has 0 unspecified atom stereocenters. The van der Waals surface area contributed by atoms with Gasteiger partial charge in [-0.3, -0.25) is 9.39 Å². The van der Waals surface area contributed by atoms with Gasteiger partial charge in [0.2, 0.25) is 0 Å². The highest BCUT2D eigenvalue weighted by Gasteiger charge is 2.16. The van der Waals surface area contributed by atoms with Crippen molar-refractivity contribution in [2.24, 2.45) is 4.99 Å². The third kappa shape index (κ3) is 2.74. The molecule has 2 aromatic heterocycles. The summed E-state index contributed by atoms with van der Waals surface area (Å²) in [7, 11) is 1.80. The smallest absolute Gasteiger partial charge is 0.191 e. The van der Waals surface area contributed by atoms with Gasteiger partial charge in [0, 0.05) is 19.3 Å². The Hall–Kier alpha value is -2.11. The molecule has 1 aliphatic rings. The van der Waals surface area contributed by atoms with Gasteiger partial charge >= 0.3 is 0 Å². The molecule has 0 saturated heterocycles. The van der Waals surface area contributed by atoms with Crippen molar-refractivity contribution >= 4 is 11.6 Å². The van der Waals surface area contributed by atoms with Crippen molar-refractivity contribution in [3.05, 3.63) is 30.2 Å². The van der Waals surface area contributed by atoms with E-state index in [4.69, 9.17) is 0 Å². The molecule has 106 valence electrons. The Kier molecular flexibility index (Phi) is 3.80. The summed E-state index contributed by atoms with van der Waals surface area (Å²) in [6.07, 6.45) is 7.05. The summed E-state index contributed by atoms with van der Waals surface area (Å²) >= 11 is 0. The van der Waals surface area contributed by atoms with Gasteiger partial charge in [-0.2, -0.15) is 0 Å². The van der Waals surface area contributed by atoms with Gasteiger partial charge in [-0.25, -0.2) is 0 Å². The Morgan fingerprint density at radius 2 is 2.20 bits per heavy atom. The molecule has 3 rings (SSSR count). The third-order valence-electron chi connectivity index (χ3n) is 3.72. The van der Waals surface area contributed by atoms with Gasteiger partial charge in [0.15, 0.2) is 17.4 Å². The summed E-state index contributed by atoms with van der Waals surface area (Å²) in [6, 6.07) is 6.44. The molecule has 1 fully saturated rings. The Balaban J connectivity index is 1.62. The number of hydrogen-bond donors (Lipinski definition) is 2. The number of hydrogen-bond acceptors (Lipinski definition) is 3. The fraction of sp³-hybridized carbons (Fsp3) is 0.500. The Morgan fingerprint density at radius 3 is 3.00 bits per heavy atom. The van der Waals surface area contributed by atoms with E-state index in [0.29, 0.717) is 12.6 Å². The Labute approximate surface area is 118 Å². The highest BCUT2D eigenvalue weighted by atomic mass is 15.3. The fourth-order valence-electron chi connectivity index (χ4n) is 2.63. The van der Waals surface area contributed by atoms with Gasteiger partial charge in [0.1, 0.15) is 0 Å². The van der Waals surface area contributed by atoms with Crippen LogP contribution in [0.4, 0.5) is 0 Å². The minimum Gasteiger partial charge on any atom is -0.354 e. The van der Waals surface area contributed by atoms with Gasteiger partial charge < -0.3 is 10.6 Å². The van der Waals surface area contributed by atoms with Gasteiger partial charge in [0.05, 0.1) is 6.54 Å². The molecule has 0 aromatic carbocycles. The number of guanidine groups is 1. The summed E-state index contributed by atoms with van der Waals surface area (Å²) in [6.45, 7) is 0.609. The van der Waals surface area contributed by atoms with Crippen molar-refractivity contribution in [2.75, 3.05) is 7.05 Å². The molecule has 0 radical (unpaired) electrons. The van der Waals surface area contributed by atoms with E-state index in [1.54, 1.807) is 7.05 Å². The first-order valence-corrected chi connectivity index (χ1v) is 7.12. The standard InChI is InChI=1S/C14H20N6/c1-15-14(17-11-6-2-3-7-11)16-10-13-19-18-12-8-4-5-9-20(12)13/h4-5,8-9,11H,2-3,6-7,10H2,1H3,(H2,15,16,17). The fourth-order valence-corrected chi connectivity index (χ4v) is 2.63.